The maximum Gasteiger partial charge on any atom is 1.00 e. The van der Waals surface area contributed by atoms with E-state index in [9.17, 15) is 13.2 Å². The number of nitrogens with zero attached hydrogens (tertiary/aromatic N) is 2. The van der Waals surface area contributed by atoms with Gasteiger partial charge in [-0.25, -0.2) is 8.42 Å². The average molecular weight is 432 g/mol. The first-order chi connectivity index (χ1) is 13.0. The Bertz CT molecular complexity index is 806. The van der Waals surface area contributed by atoms with Crippen molar-refractivity contribution in [3.8, 4) is 0 Å². The van der Waals surface area contributed by atoms with Crippen molar-refractivity contribution in [1.29, 1.82) is 0 Å². The Morgan fingerprint density at radius 2 is 1.68 bits per heavy atom. The molecule has 28 heavy (non-hydrogen) atoms. The van der Waals surface area contributed by atoms with Gasteiger partial charge in [0, 0.05) is 19.6 Å². The molecule has 9 heteroatoms. The Labute approximate surface area is 209 Å². The zero-order valence-corrected chi connectivity index (χ0v) is 20.4. The molecule has 7 nitrogen and oxygen atoms in total. The number of hydrogen-bond acceptors (Lipinski definition) is 5. The Kier molecular flexibility index (Phi) is 7.99. The predicted molar refractivity (Wildman–Crippen MR) is 104 cm³/mol. The molecule has 0 unspecified atom stereocenters. The topological polar surface area (TPSA) is 89.8 Å². The van der Waals surface area contributed by atoms with Crippen LogP contribution in [0.5, 0.6) is 0 Å². The van der Waals surface area contributed by atoms with Crippen molar-refractivity contribution < 1.29 is 69.3 Å². The van der Waals surface area contributed by atoms with Crippen LogP contribution in [0, 0.1) is 0 Å². The molecule has 0 spiro atoms. The monoisotopic (exact) mass is 431 g/mol. The first kappa shape index (κ1) is 22.7. The van der Waals surface area contributed by atoms with E-state index in [2.05, 4.69) is 16.1 Å². The second-order valence-electron chi connectivity index (χ2n) is 7.50. The summed E-state index contributed by atoms with van der Waals surface area (Å²) in [5.74, 6) is -0.147. The zero-order chi connectivity index (χ0) is 18.9. The molecule has 1 aromatic rings. The molecule has 0 bridgehead atoms. The Balaban J connectivity index is 0.00000225. The van der Waals surface area contributed by atoms with E-state index in [1.807, 2.05) is 4.90 Å². The largest absolute Gasteiger partial charge is 1.00 e. The van der Waals surface area contributed by atoms with Gasteiger partial charge in [0.05, 0.1) is 19.0 Å². The van der Waals surface area contributed by atoms with Gasteiger partial charge >= 0.3 is 51.4 Å². The SMILES string of the molecule is O=C([N-]S(=O)(=O)CCN1CCOCC1)Nc1c2c(cc3c1CCC3)CCC2.[K+]. The number of rotatable bonds is 5. The van der Waals surface area contributed by atoms with E-state index in [1.54, 1.807) is 0 Å². The summed E-state index contributed by atoms with van der Waals surface area (Å²) in [5, 5.41) is 2.82. The molecule has 1 aliphatic heterocycles. The van der Waals surface area contributed by atoms with E-state index in [0.29, 0.717) is 32.8 Å². The van der Waals surface area contributed by atoms with E-state index in [0.717, 1.165) is 44.2 Å². The number of morpholine rings is 1. The smallest absolute Gasteiger partial charge is 0.423 e. The molecular formula is C19H26KN3O4S. The van der Waals surface area contributed by atoms with Crippen molar-refractivity contribution in [2.24, 2.45) is 0 Å². The molecule has 2 aliphatic carbocycles. The molecule has 0 aromatic heterocycles. The maximum atomic E-state index is 12.4. The van der Waals surface area contributed by atoms with Gasteiger partial charge in [0.15, 0.2) is 16.1 Å². The average Bonchev–Trinajstić information content (AvgIpc) is 3.29. The van der Waals surface area contributed by atoms with Crippen LogP contribution in [0.25, 0.3) is 4.72 Å². The summed E-state index contributed by atoms with van der Waals surface area (Å²) in [6.45, 7) is 3.02. The number of anilines is 1. The Morgan fingerprint density at radius 3 is 2.29 bits per heavy atom. The summed E-state index contributed by atoms with van der Waals surface area (Å²) in [6.07, 6.45) is 6.08. The molecular weight excluding hydrogens is 405 g/mol. The number of benzene rings is 1. The summed E-state index contributed by atoms with van der Waals surface area (Å²) in [4.78, 5) is 14.4. The van der Waals surface area contributed by atoms with Crippen LogP contribution >= 0.6 is 0 Å². The van der Waals surface area contributed by atoms with Crippen LogP contribution in [0.2, 0.25) is 0 Å². The van der Waals surface area contributed by atoms with Crippen LogP contribution in [0.1, 0.15) is 35.1 Å². The predicted octanol–water partition coefficient (Wildman–Crippen LogP) is -0.764. The van der Waals surface area contributed by atoms with Gasteiger partial charge in [0.1, 0.15) is 0 Å². The zero-order valence-electron chi connectivity index (χ0n) is 16.5. The molecule has 0 radical (unpaired) electrons. The molecule has 1 fully saturated rings. The normalized spacial score (nSPS) is 18.9. The number of ether oxygens (including phenoxy) is 1. The summed E-state index contributed by atoms with van der Waals surface area (Å²) < 4.78 is 33.3. The van der Waals surface area contributed by atoms with E-state index in [1.165, 1.54) is 22.3 Å². The van der Waals surface area contributed by atoms with Crippen molar-refractivity contribution in [2.45, 2.75) is 38.5 Å². The Hall–Kier alpha value is -0.00364. The number of sulfonamides is 1. The van der Waals surface area contributed by atoms with Gasteiger partial charge in [0.2, 0.25) is 0 Å². The third-order valence-corrected chi connectivity index (χ3v) is 6.84. The van der Waals surface area contributed by atoms with Gasteiger partial charge in [-0.3, -0.25) is 9.69 Å². The van der Waals surface area contributed by atoms with Crippen molar-refractivity contribution in [2.75, 3.05) is 43.9 Å². The van der Waals surface area contributed by atoms with Crippen molar-refractivity contribution in [3.05, 3.63) is 33.0 Å². The van der Waals surface area contributed by atoms with Gasteiger partial charge in [-0.05, 0) is 66.5 Å². The minimum Gasteiger partial charge on any atom is -0.423 e. The molecule has 0 saturated carbocycles. The molecule has 4 rings (SSSR count). The number of nitrogens with one attached hydrogen (secondary N) is 1. The van der Waals surface area contributed by atoms with Crippen LogP contribution in [0.3, 0.4) is 0 Å². The second-order valence-corrected chi connectivity index (χ2v) is 9.25. The van der Waals surface area contributed by atoms with Gasteiger partial charge in [-0.15, -0.1) is 0 Å². The van der Waals surface area contributed by atoms with Gasteiger partial charge < -0.3 is 14.8 Å². The molecule has 148 valence electrons. The van der Waals surface area contributed by atoms with Crippen LogP contribution in [0.4, 0.5) is 10.5 Å². The molecule has 1 heterocycles. The number of urea groups is 1. The summed E-state index contributed by atoms with van der Waals surface area (Å²) in [5.41, 5.74) is 5.76. The molecule has 0 atom stereocenters. The quantitative estimate of drug-likeness (QED) is 0.619. The second kappa shape index (κ2) is 9.87. The summed E-state index contributed by atoms with van der Waals surface area (Å²) in [6, 6.07) is 1.50. The first-order valence-corrected chi connectivity index (χ1v) is 11.4. The van der Waals surface area contributed by atoms with Gasteiger partial charge in [-0.2, -0.15) is 0 Å². The fourth-order valence-electron chi connectivity index (χ4n) is 4.34. The van der Waals surface area contributed by atoms with E-state index in [4.69, 9.17) is 4.74 Å². The van der Waals surface area contributed by atoms with E-state index in [-0.39, 0.29) is 57.1 Å². The number of carbonyl (C=O) groups is 1. The molecule has 1 aromatic carbocycles. The number of fused-ring (bicyclic) bond motifs is 2. The standard InChI is InChI=1S/C19H27N3O4S.K/c23-19(21-27(24,25)12-9-22-7-10-26-11-8-22)20-18-16-5-1-3-14(16)13-15-4-2-6-17(15)18;/h13H,1-12H2,(H2,20,21,23);/q;+1/p-1. The maximum absolute atomic E-state index is 12.4. The minimum atomic E-state index is -3.80. The van der Waals surface area contributed by atoms with E-state index >= 15 is 0 Å². The van der Waals surface area contributed by atoms with Crippen molar-refractivity contribution in [1.82, 2.24) is 4.90 Å². The van der Waals surface area contributed by atoms with Gasteiger partial charge in [-0.1, -0.05) is 6.07 Å². The van der Waals surface area contributed by atoms with Crippen LogP contribution < -0.4 is 56.7 Å². The molecule has 1 saturated heterocycles. The first-order valence-electron chi connectivity index (χ1n) is 9.75. The van der Waals surface area contributed by atoms with Crippen LogP contribution in [-0.4, -0.2) is 57.9 Å². The van der Waals surface area contributed by atoms with Crippen molar-refractivity contribution >= 4 is 21.7 Å². The molecule has 1 N–H and O–H groups in total. The van der Waals surface area contributed by atoms with Crippen LogP contribution in [-0.2, 0) is 40.4 Å². The summed E-state index contributed by atoms with van der Waals surface area (Å²) in [7, 11) is -3.80. The molecule has 2 amide bonds. The third-order valence-electron chi connectivity index (χ3n) is 5.70. The number of carbonyl (C=O) groups excluding carboxylic acids is 1. The summed E-state index contributed by atoms with van der Waals surface area (Å²) >= 11 is 0. The Morgan fingerprint density at radius 1 is 1.07 bits per heavy atom. The number of hydrogen-bond donors (Lipinski definition) is 1. The van der Waals surface area contributed by atoms with Gasteiger partial charge in [0.25, 0.3) is 0 Å². The number of aryl methyl sites for hydroxylation is 2. The van der Waals surface area contributed by atoms with Crippen molar-refractivity contribution in [3.63, 3.8) is 0 Å². The minimum absolute atomic E-state index is 0. The number of amides is 2. The third kappa shape index (κ3) is 5.37. The van der Waals surface area contributed by atoms with E-state index < -0.39 is 16.1 Å². The van der Waals surface area contributed by atoms with Crippen LogP contribution in [0.15, 0.2) is 6.07 Å². The molecule has 3 aliphatic rings. The fraction of sp³-hybridized carbons (Fsp3) is 0.632. The fourth-order valence-corrected chi connectivity index (χ4v) is 5.22.